The molecule has 2 aromatic rings. The number of aryl methyl sites for hydroxylation is 1. The van der Waals surface area contributed by atoms with E-state index >= 15 is 0 Å². The largest absolute Gasteiger partial charge is 0.0613 e. The Hall–Kier alpha value is -1.56. The first kappa shape index (κ1) is 17.3. The molecule has 0 radical (unpaired) electrons. The van der Waals surface area contributed by atoms with Crippen LogP contribution in [0.15, 0.2) is 24.3 Å². The van der Waals surface area contributed by atoms with Crippen LogP contribution >= 0.6 is 0 Å². The lowest BCUT2D eigenvalue weighted by atomic mass is 9.78. The summed E-state index contributed by atoms with van der Waals surface area (Å²) < 4.78 is 0. The van der Waals surface area contributed by atoms with Gasteiger partial charge in [-0.3, -0.25) is 0 Å². The van der Waals surface area contributed by atoms with Gasteiger partial charge in [0.1, 0.15) is 0 Å². The lowest BCUT2D eigenvalue weighted by molar-refractivity contribution is 0.581. The van der Waals surface area contributed by atoms with Crippen LogP contribution in [0.3, 0.4) is 0 Å². The predicted molar refractivity (Wildman–Crippen MR) is 106 cm³/mol. The van der Waals surface area contributed by atoms with Gasteiger partial charge in [-0.1, -0.05) is 72.7 Å². The fourth-order valence-corrected chi connectivity index (χ4v) is 4.21. The van der Waals surface area contributed by atoms with Gasteiger partial charge in [-0.2, -0.15) is 0 Å². The first-order chi connectivity index (χ1) is 11.0. The van der Waals surface area contributed by atoms with Gasteiger partial charge in [0.2, 0.25) is 0 Å². The zero-order chi connectivity index (χ0) is 17.9. The molecule has 0 aromatic heterocycles. The van der Waals surface area contributed by atoms with Crippen molar-refractivity contribution in [2.24, 2.45) is 0 Å². The molecule has 128 valence electrons. The number of benzene rings is 2. The molecular formula is C24H32. The molecular weight excluding hydrogens is 288 g/mol. The summed E-state index contributed by atoms with van der Waals surface area (Å²) >= 11 is 0. The van der Waals surface area contributed by atoms with Crippen molar-refractivity contribution in [3.63, 3.8) is 0 Å². The highest BCUT2D eigenvalue weighted by Gasteiger charge is 2.29. The van der Waals surface area contributed by atoms with Crippen LogP contribution in [-0.4, -0.2) is 0 Å². The summed E-state index contributed by atoms with van der Waals surface area (Å²) in [4.78, 5) is 0. The van der Waals surface area contributed by atoms with Gasteiger partial charge in [-0.15, -0.1) is 0 Å². The minimum Gasteiger partial charge on any atom is -0.0613 e. The molecule has 24 heavy (non-hydrogen) atoms. The Balaban J connectivity index is 2.23. The Morgan fingerprint density at radius 1 is 0.917 bits per heavy atom. The third kappa shape index (κ3) is 2.70. The zero-order valence-electron chi connectivity index (χ0n) is 16.7. The van der Waals surface area contributed by atoms with Crippen LogP contribution in [-0.2, 0) is 23.7 Å². The van der Waals surface area contributed by atoms with Crippen LogP contribution in [0, 0.1) is 6.92 Å². The molecule has 0 bridgehead atoms. The van der Waals surface area contributed by atoms with Crippen LogP contribution in [0.4, 0.5) is 0 Å². The van der Waals surface area contributed by atoms with Gasteiger partial charge in [0.05, 0.1) is 0 Å². The Morgan fingerprint density at radius 2 is 1.58 bits per heavy atom. The van der Waals surface area contributed by atoms with Crippen molar-refractivity contribution < 1.29 is 0 Å². The van der Waals surface area contributed by atoms with Crippen LogP contribution in [0.5, 0.6) is 0 Å². The van der Waals surface area contributed by atoms with E-state index in [2.05, 4.69) is 79.7 Å². The summed E-state index contributed by atoms with van der Waals surface area (Å²) in [6, 6.07) is 9.59. The van der Waals surface area contributed by atoms with E-state index in [0.717, 1.165) is 12.8 Å². The van der Waals surface area contributed by atoms with E-state index in [-0.39, 0.29) is 10.8 Å². The maximum absolute atomic E-state index is 2.45. The summed E-state index contributed by atoms with van der Waals surface area (Å²) in [5.74, 6) is 0. The lowest BCUT2D eigenvalue weighted by Gasteiger charge is -2.26. The Morgan fingerprint density at radius 3 is 2.12 bits per heavy atom. The molecule has 0 fully saturated rings. The maximum atomic E-state index is 2.45. The molecule has 3 rings (SSSR count). The molecule has 2 aromatic carbocycles. The Labute approximate surface area is 148 Å². The monoisotopic (exact) mass is 320 g/mol. The average molecular weight is 321 g/mol. The minimum atomic E-state index is 0.205. The maximum Gasteiger partial charge on any atom is -0.00104 e. The van der Waals surface area contributed by atoms with Crippen molar-refractivity contribution in [3.05, 3.63) is 57.6 Å². The van der Waals surface area contributed by atoms with Crippen LogP contribution in [0.1, 0.15) is 81.8 Å². The molecule has 0 amide bonds. The molecule has 0 aliphatic heterocycles. The van der Waals surface area contributed by atoms with Crippen LogP contribution in [0.2, 0.25) is 0 Å². The van der Waals surface area contributed by atoms with Crippen molar-refractivity contribution in [1.29, 1.82) is 0 Å². The van der Waals surface area contributed by atoms with E-state index in [1.165, 1.54) is 33.4 Å². The highest BCUT2D eigenvalue weighted by Crippen LogP contribution is 2.45. The zero-order valence-corrected chi connectivity index (χ0v) is 16.7. The standard InChI is InChI=1S/C24H32/c1-9-18-20-14-16-13-17(23(3,4)5)10-11-19(16)22(20)15(2)12-21(18)24(6,7)8/h10-13H,9,14H2,1-8H3. The van der Waals surface area contributed by atoms with Crippen molar-refractivity contribution in [3.8, 4) is 11.1 Å². The van der Waals surface area contributed by atoms with Gasteiger partial charge >= 0.3 is 0 Å². The predicted octanol–water partition coefficient (Wildman–Crippen LogP) is 6.72. The lowest BCUT2D eigenvalue weighted by Crippen LogP contribution is -2.16. The van der Waals surface area contributed by atoms with E-state index in [1.54, 1.807) is 11.1 Å². The molecule has 0 spiro atoms. The topological polar surface area (TPSA) is 0 Å². The normalized spacial score (nSPS) is 13.8. The van der Waals surface area contributed by atoms with E-state index < -0.39 is 0 Å². The minimum absolute atomic E-state index is 0.205. The Bertz CT molecular complexity index is 792. The van der Waals surface area contributed by atoms with Gasteiger partial charge < -0.3 is 0 Å². The van der Waals surface area contributed by atoms with E-state index in [9.17, 15) is 0 Å². The second-order valence-electron chi connectivity index (χ2n) is 9.48. The molecule has 0 heterocycles. The fraction of sp³-hybridized carbons (Fsp3) is 0.500. The van der Waals surface area contributed by atoms with Crippen molar-refractivity contribution in [2.75, 3.05) is 0 Å². The first-order valence-electron chi connectivity index (χ1n) is 9.33. The highest BCUT2D eigenvalue weighted by molar-refractivity contribution is 5.82. The quantitative estimate of drug-likeness (QED) is 0.466. The van der Waals surface area contributed by atoms with Crippen molar-refractivity contribution in [1.82, 2.24) is 0 Å². The third-order valence-electron chi connectivity index (χ3n) is 5.52. The van der Waals surface area contributed by atoms with Gasteiger partial charge in [-0.25, -0.2) is 0 Å². The molecule has 0 saturated carbocycles. The van der Waals surface area contributed by atoms with Gasteiger partial charge in [0.15, 0.2) is 0 Å². The molecule has 0 N–H and O–H groups in total. The number of hydrogen-bond donors (Lipinski definition) is 0. The summed E-state index contributed by atoms with van der Waals surface area (Å²) in [5.41, 5.74) is 12.5. The van der Waals surface area contributed by atoms with E-state index in [1.807, 2.05) is 0 Å². The SMILES string of the molecule is CCc1c(C(C)(C)C)cc(C)c2c1Cc1cc(C(C)(C)C)ccc1-2. The second-order valence-corrected chi connectivity index (χ2v) is 9.48. The fourth-order valence-electron chi connectivity index (χ4n) is 4.21. The smallest absolute Gasteiger partial charge is 0.00104 e. The molecule has 0 atom stereocenters. The number of fused-ring (bicyclic) bond motifs is 3. The highest BCUT2D eigenvalue weighted by atomic mass is 14.3. The number of rotatable bonds is 1. The van der Waals surface area contributed by atoms with Crippen molar-refractivity contribution in [2.45, 2.75) is 79.1 Å². The Kier molecular flexibility index (Phi) is 3.94. The van der Waals surface area contributed by atoms with E-state index in [0.29, 0.717) is 0 Å². The molecule has 1 aliphatic rings. The van der Waals surface area contributed by atoms with Gasteiger partial charge in [0.25, 0.3) is 0 Å². The summed E-state index contributed by atoms with van der Waals surface area (Å²) in [6.07, 6.45) is 2.22. The average Bonchev–Trinajstić information content (AvgIpc) is 2.84. The third-order valence-corrected chi connectivity index (χ3v) is 5.52. The van der Waals surface area contributed by atoms with Gasteiger partial charge in [-0.05, 0) is 75.1 Å². The molecule has 0 saturated heterocycles. The van der Waals surface area contributed by atoms with Crippen LogP contribution < -0.4 is 0 Å². The summed E-state index contributed by atoms with van der Waals surface area (Å²) in [7, 11) is 0. The van der Waals surface area contributed by atoms with E-state index in [4.69, 9.17) is 0 Å². The first-order valence-corrected chi connectivity index (χ1v) is 9.33. The second kappa shape index (κ2) is 5.48. The molecule has 0 unspecified atom stereocenters. The molecule has 1 aliphatic carbocycles. The van der Waals surface area contributed by atoms with Gasteiger partial charge in [0, 0.05) is 0 Å². The molecule has 0 nitrogen and oxygen atoms in total. The summed E-state index contributed by atoms with van der Waals surface area (Å²) in [6.45, 7) is 18.5. The van der Waals surface area contributed by atoms with Crippen molar-refractivity contribution >= 4 is 0 Å². The molecule has 0 heteroatoms. The summed E-state index contributed by atoms with van der Waals surface area (Å²) in [5, 5.41) is 0. The number of hydrogen-bond acceptors (Lipinski definition) is 0. The van der Waals surface area contributed by atoms with Crippen LogP contribution in [0.25, 0.3) is 11.1 Å².